The second kappa shape index (κ2) is 7.70. The van der Waals surface area contributed by atoms with Crippen molar-refractivity contribution >= 4 is 22.5 Å². The molecule has 0 aliphatic carbocycles. The molecule has 1 unspecified atom stereocenters. The number of anilines is 1. The van der Waals surface area contributed by atoms with E-state index >= 15 is 0 Å². The van der Waals surface area contributed by atoms with Crippen molar-refractivity contribution in [2.75, 3.05) is 5.32 Å². The number of aromatic nitrogens is 1. The van der Waals surface area contributed by atoms with Crippen molar-refractivity contribution in [2.24, 2.45) is 10.8 Å². The fraction of sp³-hybridized carbons (Fsp3) is 0.333. The number of pyridine rings is 1. The molecule has 0 bridgehead atoms. The molecule has 1 N–H and O–H groups in total. The minimum absolute atomic E-state index is 0.00830. The Bertz CT molecular complexity index is 979. The Kier molecular flexibility index (Phi) is 5.50. The second-order valence-electron chi connectivity index (χ2n) is 8.95. The molecule has 4 heteroatoms. The summed E-state index contributed by atoms with van der Waals surface area (Å²) in [6.07, 6.45) is 2.90. The topological polar surface area (TPSA) is 42.0 Å². The second-order valence-corrected chi connectivity index (χ2v) is 8.95. The van der Waals surface area contributed by atoms with E-state index in [1.54, 1.807) is 18.2 Å². The summed E-state index contributed by atoms with van der Waals surface area (Å²) in [5.41, 5.74) is 1.42. The summed E-state index contributed by atoms with van der Waals surface area (Å²) in [5, 5.41) is 3.68. The van der Waals surface area contributed by atoms with E-state index in [-0.39, 0.29) is 17.1 Å². The summed E-state index contributed by atoms with van der Waals surface area (Å²) >= 11 is 0. The molecule has 3 nitrogen and oxygen atoms in total. The van der Waals surface area contributed by atoms with Crippen LogP contribution in [0.1, 0.15) is 39.7 Å². The molecule has 1 amide bonds. The van der Waals surface area contributed by atoms with E-state index in [2.05, 4.69) is 43.2 Å². The fourth-order valence-electron chi connectivity index (χ4n) is 3.91. The highest BCUT2D eigenvalue weighted by Crippen LogP contribution is 2.37. The number of halogens is 1. The predicted molar refractivity (Wildman–Crippen MR) is 113 cm³/mol. The van der Waals surface area contributed by atoms with Gasteiger partial charge in [0.1, 0.15) is 11.3 Å². The molecule has 0 spiro atoms. The van der Waals surface area contributed by atoms with E-state index in [1.165, 1.54) is 12.3 Å². The van der Waals surface area contributed by atoms with Crippen molar-refractivity contribution in [3.63, 3.8) is 0 Å². The zero-order valence-electron chi connectivity index (χ0n) is 16.9. The molecule has 1 heterocycles. The number of nitrogens with zero attached hydrogens (tertiary/aromatic N) is 1. The Hall–Kier alpha value is -2.75. The van der Waals surface area contributed by atoms with E-state index in [4.69, 9.17) is 0 Å². The molecular weight excluding hydrogens is 351 g/mol. The Morgan fingerprint density at radius 1 is 1.04 bits per heavy atom. The molecule has 0 aliphatic heterocycles. The van der Waals surface area contributed by atoms with Crippen LogP contribution in [0.25, 0.3) is 10.9 Å². The molecule has 0 radical (unpaired) electrons. The number of carbonyl (C=O) groups is 1. The van der Waals surface area contributed by atoms with E-state index in [0.29, 0.717) is 23.0 Å². The smallest absolute Gasteiger partial charge is 0.230 e. The quantitative estimate of drug-likeness (QED) is 0.592. The van der Waals surface area contributed by atoms with Crippen LogP contribution in [0.3, 0.4) is 0 Å². The van der Waals surface area contributed by atoms with Crippen molar-refractivity contribution in [1.29, 1.82) is 0 Å². The number of hydrogen-bond donors (Lipinski definition) is 1. The largest absolute Gasteiger partial charge is 0.324 e. The van der Waals surface area contributed by atoms with Gasteiger partial charge in [-0.25, -0.2) is 4.39 Å². The Morgan fingerprint density at radius 2 is 1.75 bits per heavy atom. The van der Waals surface area contributed by atoms with Gasteiger partial charge in [0.2, 0.25) is 5.91 Å². The van der Waals surface area contributed by atoms with Gasteiger partial charge in [-0.15, -0.1) is 0 Å². The van der Waals surface area contributed by atoms with Crippen LogP contribution >= 0.6 is 0 Å². The molecular formula is C24H27FN2O. The summed E-state index contributed by atoms with van der Waals surface area (Å²) in [5.74, 6) is -0.416. The first kappa shape index (κ1) is 20.0. The Labute approximate surface area is 166 Å². The minimum Gasteiger partial charge on any atom is -0.324 e. The maximum atomic E-state index is 13.8. The van der Waals surface area contributed by atoms with Crippen LogP contribution in [0.15, 0.2) is 60.8 Å². The van der Waals surface area contributed by atoms with Gasteiger partial charge in [0.05, 0.1) is 17.3 Å². The molecule has 0 saturated carbocycles. The van der Waals surface area contributed by atoms with E-state index < -0.39 is 5.41 Å². The van der Waals surface area contributed by atoms with E-state index in [1.807, 2.05) is 25.1 Å². The third-order valence-corrected chi connectivity index (χ3v) is 4.83. The molecule has 146 valence electrons. The van der Waals surface area contributed by atoms with Crippen molar-refractivity contribution in [3.8, 4) is 0 Å². The number of fused-ring (bicyclic) bond motifs is 1. The van der Waals surface area contributed by atoms with Gasteiger partial charge in [-0.2, -0.15) is 0 Å². The molecule has 0 fully saturated rings. The van der Waals surface area contributed by atoms with Gasteiger partial charge in [-0.05, 0) is 36.0 Å². The number of para-hydroxylation sites is 1. The van der Waals surface area contributed by atoms with Crippen LogP contribution < -0.4 is 5.32 Å². The molecule has 0 aliphatic rings. The molecule has 0 saturated heterocycles. The maximum absolute atomic E-state index is 13.8. The highest BCUT2D eigenvalue weighted by molar-refractivity contribution is 5.96. The van der Waals surface area contributed by atoms with Crippen LogP contribution in [0, 0.1) is 16.6 Å². The lowest BCUT2D eigenvalue weighted by Crippen LogP contribution is -2.38. The minimum atomic E-state index is -0.587. The molecule has 3 aromatic rings. The van der Waals surface area contributed by atoms with Gasteiger partial charge < -0.3 is 5.32 Å². The van der Waals surface area contributed by atoms with Crippen LogP contribution in [-0.4, -0.2) is 10.9 Å². The first-order valence-corrected chi connectivity index (χ1v) is 9.56. The molecule has 1 atom stereocenters. The lowest BCUT2D eigenvalue weighted by molar-refractivity contribution is -0.126. The SMILES string of the molecule is CC(C)(C)CC(C)(Cc1ccccc1)C(=O)Nc1cnc2c(F)cccc2c1. The maximum Gasteiger partial charge on any atom is 0.230 e. The molecule has 2 aromatic carbocycles. The lowest BCUT2D eigenvalue weighted by atomic mass is 9.71. The van der Waals surface area contributed by atoms with Gasteiger partial charge >= 0.3 is 0 Å². The predicted octanol–water partition coefficient (Wildman–Crippen LogP) is 6.00. The zero-order chi connectivity index (χ0) is 20.4. The Morgan fingerprint density at radius 3 is 2.43 bits per heavy atom. The number of rotatable bonds is 5. The highest BCUT2D eigenvalue weighted by atomic mass is 19.1. The molecule has 3 rings (SSSR count). The van der Waals surface area contributed by atoms with Crippen LogP contribution in [0.5, 0.6) is 0 Å². The summed E-state index contributed by atoms with van der Waals surface area (Å²) in [6.45, 7) is 8.44. The lowest BCUT2D eigenvalue weighted by Gasteiger charge is -2.34. The molecule has 1 aromatic heterocycles. The van der Waals surface area contributed by atoms with Gasteiger partial charge in [0, 0.05) is 5.39 Å². The van der Waals surface area contributed by atoms with Crippen molar-refractivity contribution in [2.45, 2.75) is 40.5 Å². The number of hydrogen-bond acceptors (Lipinski definition) is 2. The number of carbonyl (C=O) groups excluding carboxylic acids is 1. The van der Waals surface area contributed by atoms with E-state index in [9.17, 15) is 9.18 Å². The zero-order valence-corrected chi connectivity index (χ0v) is 16.9. The van der Waals surface area contributed by atoms with Crippen LogP contribution in [-0.2, 0) is 11.2 Å². The third-order valence-electron chi connectivity index (χ3n) is 4.83. The first-order chi connectivity index (χ1) is 13.2. The fourth-order valence-corrected chi connectivity index (χ4v) is 3.91. The average molecular weight is 378 g/mol. The summed E-state index contributed by atoms with van der Waals surface area (Å²) < 4.78 is 13.8. The number of nitrogens with one attached hydrogen (secondary N) is 1. The Balaban J connectivity index is 1.88. The number of amides is 1. The van der Waals surface area contributed by atoms with Crippen LogP contribution in [0.4, 0.5) is 10.1 Å². The third kappa shape index (κ3) is 4.75. The summed E-state index contributed by atoms with van der Waals surface area (Å²) in [6, 6.07) is 16.6. The number of benzene rings is 2. The van der Waals surface area contributed by atoms with Gasteiger partial charge in [-0.1, -0.05) is 70.2 Å². The summed E-state index contributed by atoms with van der Waals surface area (Å²) in [4.78, 5) is 17.5. The van der Waals surface area contributed by atoms with Crippen molar-refractivity contribution in [1.82, 2.24) is 4.98 Å². The monoisotopic (exact) mass is 378 g/mol. The first-order valence-electron chi connectivity index (χ1n) is 9.56. The van der Waals surface area contributed by atoms with Gasteiger partial charge in [-0.3, -0.25) is 9.78 Å². The normalized spacial score (nSPS) is 13.9. The van der Waals surface area contributed by atoms with E-state index in [0.717, 1.165) is 12.0 Å². The molecule has 28 heavy (non-hydrogen) atoms. The standard InChI is InChI=1S/C24H27FN2O/c1-23(2,3)16-24(4,14-17-9-6-5-7-10-17)22(28)27-19-13-18-11-8-12-20(25)21(18)26-15-19/h5-13,15H,14,16H2,1-4H3,(H,27,28). The van der Waals surface area contributed by atoms with Crippen molar-refractivity contribution in [3.05, 3.63) is 72.2 Å². The van der Waals surface area contributed by atoms with Gasteiger partial charge in [0.25, 0.3) is 0 Å². The van der Waals surface area contributed by atoms with Crippen molar-refractivity contribution < 1.29 is 9.18 Å². The summed E-state index contributed by atoms with van der Waals surface area (Å²) in [7, 11) is 0. The van der Waals surface area contributed by atoms with Crippen LogP contribution in [0.2, 0.25) is 0 Å². The highest BCUT2D eigenvalue weighted by Gasteiger charge is 2.37. The van der Waals surface area contributed by atoms with Gasteiger partial charge in [0.15, 0.2) is 0 Å². The average Bonchev–Trinajstić information content (AvgIpc) is 2.61.